The van der Waals surface area contributed by atoms with Crippen LogP contribution in [0.5, 0.6) is 0 Å². The van der Waals surface area contributed by atoms with Gasteiger partial charge in [-0.25, -0.2) is 0 Å². The average molecular weight is 213 g/mol. The summed E-state index contributed by atoms with van der Waals surface area (Å²) in [4.78, 5) is 0. The normalized spacial score (nSPS) is 31.6. The van der Waals surface area contributed by atoms with E-state index in [-0.39, 0.29) is 5.54 Å². The van der Waals surface area contributed by atoms with Gasteiger partial charge in [-0.3, -0.25) is 0 Å². The number of β-amino-alcohol motifs (C(OH)–C–C–N with tert-alkyl or cyclic N) is 1. The zero-order valence-corrected chi connectivity index (χ0v) is 11.0. The smallest absolute Gasteiger partial charge is 0.0776 e. The van der Waals surface area contributed by atoms with E-state index in [1.54, 1.807) is 0 Å². The first-order chi connectivity index (χ1) is 6.62. The maximum atomic E-state index is 10.5. The zero-order chi connectivity index (χ0) is 11.7. The van der Waals surface area contributed by atoms with Crippen LogP contribution in [-0.4, -0.2) is 22.8 Å². The van der Waals surface area contributed by atoms with Crippen LogP contribution in [0.1, 0.15) is 60.3 Å². The average Bonchev–Trinajstić information content (AvgIpc) is 1.97. The second-order valence-electron chi connectivity index (χ2n) is 7.02. The Hall–Kier alpha value is -0.0800. The van der Waals surface area contributed by atoms with E-state index in [1.807, 2.05) is 0 Å². The van der Waals surface area contributed by atoms with Crippen LogP contribution in [0, 0.1) is 5.41 Å². The second-order valence-corrected chi connectivity index (χ2v) is 7.02. The molecule has 1 rings (SSSR count). The van der Waals surface area contributed by atoms with E-state index in [0.717, 1.165) is 25.8 Å². The highest BCUT2D eigenvalue weighted by molar-refractivity contribution is 4.93. The summed E-state index contributed by atoms with van der Waals surface area (Å²) in [6, 6.07) is 0. The fourth-order valence-corrected chi connectivity index (χ4v) is 2.54. The molecule has 1 atom stereocenters. The van der Waals surface area contributed by atoms with E-state index < -0.39 is 5.60 Å². The van der Waals surface area contributed by atoms with Gasteiger partial charge in [0.25, 0.3) is 0 Å². The third-order valence-corrected chi connectivity index (χ3v) is 3.25. The predicted molar refractivity (Wildman–Crippen MR) is 65.0 cm³/mol. The fourth-order valence-electron chi connectivity index (χ4n) is 2.54. The lowest BCUT2D eigenvalue weighted by atomic mass is 9.69. The number of hydrogen-bond acceptors (Lipinski definition) is 2. The van der Waals surface area contributed by atoms with Gasteiger partial charge >= 0.3 is 0 Å². The van der Waals surface area contributed by atoms with E-state index >= 15 is 0 Å². The molecule has 15 heavy (non-hydrogen) atoms. The van der Waals surface area contributed by atoms with Crippen molar-refractivity contribution in [3.63, 3.8) is 0 Å². The molecule has 0 aromatic heterocycles. The molecular formula is C13H27NO. The zero-order valence-electron chi connectivity index (χ0n) is 11.0. The summed E-state index contributed by atoms with van der Waals surface area (Å²) in [5, 5.41) is 13.9. The van der Waals surface area contributed by atoms with E-state index in [1.165, 1.54) is 6.42 Å². The summed E-state index contributed by atoms with van der Waals surface area (Å²) in [6.45, 7) is 11.7. The van der Waals surface area contributed by atoms with Crippen molar-refractivity contribution in [2.24, 2.45) is 5.41 Å². The maximum absolute atomic E-state index is 10.5. The monoisotopic (exact) mass is 213 g/mol. The quantitative estimate of drug-likeness (QED) is 0.739. The van der Waals surface area contributed by atoms with Gasteiger partial charge in [-0.2, -0.15) is 0 Å². The summed E-state index contributed by atoms with van der Waals surface area (Å²) in [7, 11) is 0. The molecule has 0 aromatic carbocycles. The standard InChI is InChI=1S/C13H27NO/c1-11(2,3)14-10-13(15)8-6-7-12(4,5)9-13/h14-15H,6-10H2,1-5H3. The predicted octanol–water partition coefficient (Wildman–Crippen LogP) is 2.71. The van der Waals surface area contributed by atoms with E-state index in [9.17, 15) is 5.11 Å². The molecule has 0 saturated heterocycles. The van der Waals surface area contributed by atoms with E-state index in [4.69, 9.17) is 0 Å². The van der Waals surface area contributed by atoms with Gasteiger partial charge in [-0.05, 0) is 45.4 Å². The summed E-state index contributed by atoms with van der Waals surface area (Å²) in [6.07, 6.45) is 4.25. The van der Waals surface area contributed by atoms with Crippen LogP contribution in [0.4, 0.5) is 0 Å². The van der Waals surface area contributed by atoms with Crippen LogP contribution in [0.2, 0.25) is 0 Å². The van der Waals surface area contributed by atoms with E-state index in [0.29, 0.717) is 5.41 Å². The minimum Gasteiger partial charge on any atom is -0.389 e. The highest BCUT2D eigenvalue weighted by Crippen LogP contribution is 2.40. The Bertz CT molecular complexity index is 217. The van der Waals surface area contributed by atoms with Gasteiger partial charge in [-0.1, -0.05) is 20.3 Å². The van der Waals surface area contributed by atoms with Crippen LogP contribution in [0.25, 0.3) is 0 Å². The summed E-state index contributed by atoms with van der Waals surface area (Å²) in [5.74, 6) is 0. The Morgan fingerprint density at radius 3 is 2.27 bits per heavy atom. The van der Waals surface area contributed by atoms with Gasteiger partial charge in [0.1, 0.15) is 0 Å². The molecule has 1 unspecified atom stereocenters. The molecule has 0 spiro atoms. The lowest BCUT2D eigenvalue weighted by Gasteiger charge is -2.42. The highest BCUT2D eigenvalue weighted by Gasteiger charge is 2.38. The largest absolute Gasteiger partial charge is 0.389 e. The SMILES string of the molecule is CC1(C)CCCC(O)(CNC(C)(C)C)C1. The third kappa shape index (κ3) is 4.52. The third-order valence-electron chi connectivity index (χ3n) is 3.25. The van der Waals surface area contributed by atoms with Crippen LogP contribution in [0.3, 0.4) is 0 Å². The Morgan fingerprint density at radius 2 is 1.80 bits per heavy atom. The van der Waals surface area contributed by atoms with Crippen LogP contribution >= 0.6 is 0 Å². The lowest BCUT2D eigenvalue weighted by Crippen LogP contribution is -2.51. The van der Waals surface area contributed by atoms with Crippen molar-refractivity contribution in [1.29, 1.82) is 0 Å². The number of rotatable bonds is 2. The van der Waals surface area contributed by atoms with Gasteiger partial charge in [0.2, 0.25) is 0 Å². The number of aliphatic hydroxyl groups is 1. The van der Waals surface area contributed by atoms with Crippen molar-refractivity contribution in [1.82, 2.24) is 5.32 Å². The van der Waals surface area contributed by atoms with Crippen molar-refractivity contribution < 1.29 is 5.11 Å². The molecule has 0 bridgehead atoms. The Kier molecular flexibility index (Phi) is 3.52. The first-order valence-corrected chi connectivity index (χ1v) is 6.09. The molecule has 1 aliphatic rings. The molecule has 2 nitrogen and oxygen atoms in total. The van der Waals surface area contributed by atoms with Crippen molar-refractivity contribution in [2.75, 3.05) is 6.54 Å². The number of nitrogens with one attached hydrogen (secondary N) is 1. The molecule has 1 saturated carbocycles. The molecule has 2 heteroatoms. The van der Waals surface area contributed by atoms with Crippen LogP contribution in [0.15, 0.2) is 0 Å². The molecule has 2 N–H and O–H groups in total. The van der Waals surface area contributed by atoms with Crippen molar-refractivity contribution >= 4 is 0 Å². The van der Waals surface area contributed by atoms with Crippen LogP contribution in [-0.2, 0) is 0 Å². The topological polar surface area (TPSA) is 32.3 Å². The van der Waals surface area contributed by atoms with Gasteiger partial charge in [0.05, 0.1) is 5.60 Å². The highest BCUT2D eigenvalue weighted by atomic mass is 16.3. The fraction of sp³-hybridized carbons (Fsp3) is 1.00. The maximum Gasteiger partial charge on any atom is 0.0776 e. The molecule has 0 heterocycles. The number of hydrogen-bond donors (Lipinski definition) is 2. The molecular weight excluding hydrogens is 186 g/mol. The minimum atomic E-state index is -0.491. The molecule has 1 fully saturated rings. The molecule has 90 valence electrons. The Morgan fingerprint density at radius 1 is 1.20 bits per heavy atom. The lowest BCUT2D eigenvalue weighted by molar-refractivity contribution is -0.0407. The van der Waals surface area contributed by atoms with Crippen molar-refractivity contribution in [2.45, 2.75) is 71.4 Å². The summed E-state index contributed by atoms with van der Waals surface area (Å²) < 4.78 is 0. The van der Waals surface area contributed by atoms with Crippen LogP contribution < -0.4 is 5.32 Å². The minimum absolute atomic E-state index is 0.0946. The van der Waals surface area contributed by atoms with Gasteiger partial charge in [0, 0.05) is 12.1 Å². The molecule has 0 aliphatic heterocycles. The van der Waals surface area contributed by atoms with Gasteiger partial charge < -0.3 is 10.4 Å². The Labute approximate surface area is 94.5 Å². The van der Waals surface area contributed by atoms with Crippen molar-refractivity contribution in [3.05, 3.63) is 0 Å². The van der Waals surface area contributed by atoms with E-state index in [2.05, 4.69) is 39.9 Å². The molecule has 0 aromatic rings. The van der Waals surface area contributed by atoms with Crippen molar-refractivity contribution in [3.8, 4) is 0 Å². The summed E-state index contributed by atoms with van der Waals surface area (Å²) in [5.41, 5.74) is -0.0983. The Balaban J connectivity index is 2.51. The molecule has 0 amide bonds. The second kappa shape index (κ2) is 4.06. The first-order valence-electron chi connectivity index (χ1n) is 6.09. The van der Waals surface area contributed by atoms with Gasteiger partial charge in [-0.15, -0.1) is 0 Å². The first kappa shape index (κ1) is 13.0. The summed E-state index contributed by atoms with van der Waals surface area (Å²) >= 11 is 0. The molecule has 1 aliphatic carbocycles. The molecule has 0 radical (unpaired) electrons. The van der Waals surface area contributed by atoms with Gasteiger partial charge in [0.15, 0.2) is 0 Å².